The molecule has 1 fully saturated rings. The molecule has 0 unspecified atom stereocenters. The Bertz CT molecular complexity index is 1250. The number of amides is 2. The van der Waals surface area contributed by atoms with E-state index >= 15 is 0 Å². The maximum absolute atomic E-state index is 13.1. The number of nitrogens with one attached hydrogen (secondary N) is 1. The molecule has 1 aliphatic rings. The average molecular weight is 452 g/mol. The van der Waals surface area contributed by atoms with Crippen LogP contribution >= 0.6 is 11.6 Å². The Morgan fingerprint density at radius 3 is 2.41 bits per heavy atom. The summed E-state index contributed by atoms with van der Waals surface area (Å²) >= 11 is 5.96. The van der Waals surface area contributed by atoms with Crippen LogP contribution in [0.25, 0.3) is 5.69 Å². The predicted molar refractivity (Wildman–Crippen MR) is 124 cm³/mol. The van der Waals surface area contributed by atoms with E-state index in [2.05, 4.69) is 15.3 Å². The first kappa shape index (κ1) is 21.6. The second-order valence-electron chi connectivity index (χ2n) is 7.63. The van der Waals surface area contributed by atoms with E-state index < -0.39 is 17.2 Å². The highest BCUT2D eigenvalue weighted by atomic mass is 35.5. The van der Waals surface area contributed by atoms with Crippen molar-refractivity contribution in [1.29, 1.82) is 0 Å². The number of hydrogen-bond donors (Lipinski definition) is 2. The lowest BCUT2D eigenvalue weighted by molar-refractivity contribution is 0.0995. The van der Waals surface area contributed by atoms with Gasteiger partial charge in [-0.3, -0.25) is 14.4 Å². The van der Waals surface area contributed by atoms with Crippen LogP contribution in [0.15, 0.2) is 53.3 Å². The molecule has 2 heterocycles. The minimum atomic E-state index is -0.667. The van der Waals surface area contributed by atoms with E-state index in [1.807, 2.05) is 0 Å². The molecular weight excluding hydrogens is 430 g/mol. The van der Waals surface area contributed by atoms with Crippen LogP contribution in [0.5, 0.6) is 0 Å². The van der Waals surface area contributed by atoms with E-state index in [9.17, 15) is 14.4 Å². The first-order valence-electron chi connectivity index (χ1n) is 10.2. The highest BCUT2D eigenvalue weighted by molar-refractivity contribution is 6.30. The average Bonchev–Trinajstić information content (AvgIpc) is 3.29. The van der Waals surface area contributed by atoms with Crippen molar-refractivity contribution in [3.05, 3.63) is 80.7 Å². The van der Waals surface area contributed by atoms with Crippen LogP contribution in [0.4, 0.5) is 11.4 Å². The fourth-order valence-electron chi connectivity index (χ4n) is 3.75. The van der Waals surface area contributed by atoms with Crippen LogP contribution in [-0.4, -0.2) is 34.7 Å². The first-order chi connectivity index (χ1) is 15.3. The van der Waals surface area contributed by atoms with E-state index in [0.717, 1.165) is 31.6 Å². The minimum Gasteiger partial charge on any atom is -0.370 e. The van der Waals surface area contributed by atoms with E-state index in [-0.39, 0.29) is 11.3 Å². The van der Waals surface area contributed by atoms with Gasteiger partial charge in [0.05, 0.1) is 17.1 Å². The summed E-state index contributed by atoms with van der Waals surface area (Å²) in [7, 11) is 0. The molecule has 0 bridgehead atoms. The van der Waals surface area contributed by atoms with Crippen molar-refractivity contribution in [2.45, 2.75) is 19.8 Å². The maximum atomic E-state index is 13.1. The van der Waals surface area contributed by atoms with Gasteiger partial charge in [-0.1, -0.05) is 11.6 Å². The number of nitrogens with two attached hydrogens (primary N) is 1. The second-order valence-corrected chi connectivity index (χ2v) is 8.07. The van der Waals surface area contributed by atoms with Crippen molar-refractivity contribution in [1.82, 2.24) is 9.78 Å². The van der Waals surface area contributed by atoms with Crippen molar-refractivity contribution in [2.24, 2.45) is 5.73 Å². The van der Waals surface area contributed by atoms with Gasteiger partial charge in [-0.25, -0.2) is 4.68 Å². The number of benzene rings is 2. The van der Waals surface area contributed by atoms with E-state index in [0.29, 0.717) is 22.1 Å². The molecule has 4 rings (SSSR count). The van der Waals surface area contributed by atoms with Gasteiger partial charge in [-0.2, -0.15) is 5.10 Å². The summed E-state index contributed by atoms with van der Waals surface area (Å²) in [4.78, 5) is 39.5. The van der Waals surface area contributed by atoms with Gasteiger partial charge >= 0.3 is 0 Å². The Morgan fingerprint density at radius 1 is 1.06 bits per heavy atom. The molecule has 3 N–H and O–H groups in total. The van der Waals surface area contributed by atoms with Crippen molar-refractivity contribution in [2.75, 3.05) is 23.3 Å². The Morgan fingerprint density at radius 2 is 1.75 bits per heavy atom. The summed E-state index contributed by atoms with van der Waals surface area (Å²) in [5.41, 5.74) is 7.34. The smallest absolute Gasteiger partial charge is 0.280 e. The zero-order valence-electron chi connectivity index (χ0n) is 17.5. The summed E-state index contributed by atoms with van der Waals surface area (Å²) in [6, 6.07) is 13.2. The number of nitrogens with zero attached hydrogens (tertiary/aromatic N) is 3. The number of aryl methyl sites for hydroxylation is 1. The van der Waals surface area contributed by atoms with Crippen LogP contribution in [0.2, 0.25) is 5.02 Å². The molecule has 32 heavy (non-hydrogen) atoms. The molecule has 0 aliphatic carbocycles. The first-order valence-corrected chi connectivity index (χ1v) is 10.6. The SMILES string of the molecule is Cc1cc(=O)c(C(=O)Nc2cc(C(N)=O)ccc2N2CCCC2)nn1-c1ccc(Cl)cc1. The molecule has 1 aromatic heterocycles. The standard InChI is InChI=1S/C23H22ClN5O3/c1-14-12-20(30)21(27-29(14)17-7-5-16(24)6-8-17)23(32)26-18-13-15(22(25)31)4-9-19(18)28-10-2-3-11-28/h4-9,12-13H,2-3,10-11H2,1H3,(H2,25,31)(H,26,32). The zero-order valence-corrected chi connectivity index (χ0v) is 18.2. The summed E-state index contributed by atoms with van der Waals surface area (Å²) in [6.07, 6.45) is 2.08. The Kier molecular flexibility index (Phi) is 5.96. The topological polar surface area (TPSA) is 110 Å². The lowest BCUT2D eigenvalue weighted by Gasteiger charge is -2.22. The van der Waals surface area contributed by atoms with Gasteiger partial charge in [0.2, 0.25) is 11.3 Å². The third-order valence-electron chi connectivity index (χ3n) is 5.37. The number of carbonyl (C=O) groups excluding carboxylic acids is 2. The van der Waals surface area contributed by atoms with Gasteiger partial charge in [0, 0.05) is 35.4 Å². The summed E-state index contributed by atoms with van der Waals surface area (Å²) < 4.78 is 1.51. The molecule has 9 heteroatoms. The predicted octanol–water partition coefficient (Wildman–Crippen LogP) is 3.15. The molecule has 2 aromatic carbocycles. The van der Waals surface area contributed by atoms with Gasteiger partial charge in [0.25, 0.3) is 5.91 Å². The van der Waals surface area contributed by atoms with Crippen molar-refractivity contribution in [3.8, 4) is 5.69 Å². The van der Waals surface area contributed by atoms with Crippen LogP contribution in [0, 0.1) is 6.92 Å². The van der Waals surface area contributed by atoms with E-state index in [1.54, 1.807) is 43.3 Å². The molecule has 0 radical (unpaired) electrons. The molecule has 8 nitrogen and oxygen atoms in total. The number of hydrogen-bond acceptors (Lipinski definition) is 5. The fraction of sp³-hybridized carbons (Fsp3) is 0.217. The monoisotopic (exact) mass is 451 g/mol. The fourth-order valence-corrected chi connectivity index (χ4v) is 3.88. The van der Waals surface area contributed by atoms with Gasteiger partial charge in [-0.05, 0) is 62.2 Å². The summed E-state index contributed by atoms with van der Waals surface area (Å²) in [5.74, 6) is -1.27. The highest BCUT2D eigenvalue weighted by Gasteiger charge is 2.21. The molecular formula is C23H22ClN5O3. The van der Waals surface area contributed by atoms with Crippen molar-refractivity contribution < 1.29 is 9.59 Å². The Hall–Kier alpha value is -3.65. The van der Waals surface area contributed by atoms with Crippen LogP contribution in [0.1, 0.15) is 39.4 Å². The second kappa shape index (κ2) is 8.84. The van der Waals surface area contributed by atoms with Crippen molar-refractivity contribution >= 4 is 34.8 Å². The molecule has 1 saturated heterocycles. The third-order valence-corrected chi connectivity index (χ3v) is 5.62. The number of rotatable bonds is 5. The largest absolute Gasteiger partial charge is 0.370 e. The van der Waals surface area contributed by atoms with Crippen molar-refractivity contribution in [3.63, 3.8) is 0 Å². The van der Waals surface area contributed by atoms with Gasteiger partial charge < -0.3 is 16.0 Å². The summed E-state index contributed by atoms with van der Waals surface area (Å²) in [6.45, 7) is 3.41. The molecule has 0 spiro atoms. The molecule has 1 aliphatic heterocycles. The number of aromatic nitrogens is 2. The molecule has 0 saturated carbocycles. The highest BCUT2D eigenvalue weighted by Crippen LogP contribution is 2.30. The minimum absolute atomic E-state index is 0.262. The number of halogens is 1. The summed E-state index contributed by atoms with van der Waals surface area (Å²) in [5, 5.41) is 7.62. The zero-order chi connectivity index (χ0) is 22.8. The lowest BCUT2D eigenvalue weighted by atomic mass is 10.1. The normalized spacial score (nSPS) is 13.2. The Labute approximate surface area is 189 Å². The van der Waals surface area contributed by atoms with Crippen LogP contribution in [0.3, 0.4) is 0 Å². The van der Waals surface area contributed by atoms with E-state index in [4.69, 9.17) is 17.3 Å². The molecule has 164 valence electrons. The maximum Gasteiger partial charge on any atom is 0.280 e. The number of primary amides is 1. The van der Waals surface area contributed by atoms with Gasteiger partial charge in [0.1, 0.15) is 0 Å². The van der Waals surface area contributed by atoms with Gasteiger partial charge in [-0.15, -0.1) is 0 Å². The number of anilines is 2. The third kappa shape index (κ3) is 4.36. The van der Waals surface area contributed by atoms with Crippen LogP contribution in [-0.2, 0) is 0 Å². The lowest BCUT2D eigenvalue weighted by Crippen LogP contribution is -2.28. The molecule has 2 amide bonds. The quantitative estimate of drug-likeness (QED) is 0.619. The van der Waals surface area contributed by atoms with Gasteiger partial charge in [0.15, 0.2) is 5.69 Å². The van der Waals surface area contributed by atoms with E-state index in [1.165, 1.54) is 16.8 Å². The van der Waals surface area contributed by atoms with Crippen LogP contribution < -0.4 is 21.4 Å². The number of carbonyl (C=O) groups is 2. The Balaban J connectivity index is 1.72. The molecule has 3 aromatic rings. The molecule has 0 atom stereocenters.